The Balaban J connectivity index is 1.42. The third kappa shape index (κ3) is 4.78. The molecule has 0 radical (unpaired) electrons. The highest BCUT2D eigenvalue weighted by Crippen LogP contribution is 2.25. The number of piperazine rings is 1. The van der Waals surface area contributed by atoms with Crippen LogP contribution in [0.4, 0.5) is 11.4 Å². The van der Waals surface area contributed by atoms with Crippen LogP contribution in [-0.2, 0) is 10.0 Å². The Labute approximate surface area is 181 Å². The number of nitrogens with one attached hydrogen (secondary N) is 1. The average molecular weight is 441 g/mol. The minimum Gasteiger partial charge on any atom is -0.443 e. The number of hydrogen-bond donors (Lipinski definition) is 1. The number of nitrogens with zero attached hydrogens (tertiary/aromatic N) is 3. The van der Waals surface area contributed by atoms with Gasteiger partial charge in [0.1, 0.15) is 0 Å². The quantitative estimate of drug-likeness (QED) is 0.655. The lowest BCUT2D eigenvalue weighted by Crippen LogP contribution is -2.48. The van der Waals surface area contributed by atoms with Crippen molar-refractivity contribution < 1.29 is 17.6 Å². The summed E-state index contributed by atoms with van der Waals surface area (Å²) in [6, 6.07) is 15.2. The number of rotatable bonds is 5. The highest BCUT2D eigenvalue weighted by molar-refractivity contribution is 7.88. The lowest BCUT2D eigenvalue weighted by molar-refractivity contribution is 0.102. The molecule has 1 aliphatic heterocycles. The summed E-state index contributed by atoms with van der Waals surface area (Å²) in [7, 11) is -3.15. The van der Waals surface area contributed by atoms with Gasteiger partial charge in [0.2, 0.25) is 10.0 Å². The van der Waals surface area contributed by atoms with Crippen LogP contribution >= 0.6 is 0 Å². The van der Waals surface area contributed by atoms with Crippen LogP contribution < -0.4 is 10.2 Å². The van der Waals surface area contributed by atoms with Crippen LogP contribution in [0.3, 0.4) is 0 Å². The molecule has 162 valence electrons. The van der Waals surface area contributed by atoms with Gasteiger partial charge in [-0.05, 0) is 37.3 Å². The number of hydrogen-bond acceptors (Lipinski definition) is 6. The van der Waals surface area contributed by atoms with E-state index in [1.54, 1.807) is 0 Å². The molecule has 0 spiro atoms. The summed E-state index contributed by atoms with van der Waals surface area (Å²) in [6.07, 6.45) is 2.51. The molecule has 2 aromatic carbocycles. The number of carbonyl (C=O) groups excluding carboxylic acids is 1. The number of amides is 1. The van der Waals surface area contributed by atoms with Gasteiger partial charge in [0.15, 0.2) is 17.8 Å². The molecule has 1 aromatic heterocycles. The van der Waals surface area contributed by atoms with E-state index >= 15 is 0 Å². The normalized spacial score (nSPS) is 15.1. The molecule has 0 atom stereocenters. The number of aromatic nitrogens is 1. The van der Waals surface area contributed by atoms with Crippen molar-refractivity contribution in [3.63, 3.8) is 0 Å². The van der Waals surface area contributed by atoms with Crippen molar-refractivity contribution >= 4 is 27.3 Å². The molecule has 4 rings (SSSR count). The SMILES string of the molecule is Cc1cccc(-c2ocnc2C(=O)Nc2ccc(N3CCN(S(C)(=O)=O)CC3)cc2)c1. The van der Waals surface area contributed by atoms with E-state index < -0.39 is 10.0 Å². The number of benzene rings is 2. The van der Waals surface area contributed by atoms with Gasteiger partial charge in [-0.1, -0.05) is 23.8 Å². The van der Waals surface area contributed by atoms with Gasteiger partial charge in [-0.2, -0.15) is 4.31 Å². The van der Waals surface area contributed by atoms with Crippen LogP contribution in [-0.4, -0.2) is 56.0 Å². The lowest BCUT2D eigenvalue weighted by Gasteiger charge is -2.34. The molecule has 1 amide bonds. The number of anilines is 2. The average Bonchev–Trinajstić information content (AvgIpc) is 3.24. The molecule has 9 heteroatoms. The second kappa shape index (κ2) is 8.52. The van der Waals surface area contributed by atoms with E-state index in [-0.39, 0.29) is 11.6 Å². The van der Waals surface area contributed by atoms with E-state index in [9.17, 15) is 13.2 Å². The predicted molar refractivity (Wildman–Crippen MR) is 120 cm³/mol. The molecule has 1 aliphatic rings. The first-order valence-corrected chi connectivity index (χ1v) is 11.8. The highest BCUT2D eigenvalue weighted by atomic mass is 32.2. The first-order valence-electron chi connectivity index (χ1n) is 9.93. The predicted octanol–water partition coefficient (Wildman–Crippen LogP) is 2.98. The Morgan fingerprint density at radius 2 is 1.77 bits per heavy atom. The monoisotopic (exact) mass is 440 g/mol. The van der Waals surface area contributed by atoms with E-state index in [1.165, 1.54) is 17.0 Å². The minimum absolute atomic E-state index is 0.228. The zero-order valence-corrected chi connectivity index (χ0v) is 18.2. The number of oxazole rings is 1. The first-order chi connectivity index (χ1) is 14.8. The third-order valence-corrected chi connectivity index (χ3v) is 6.56. The summed E-state index contributed by atoms with van der Waals surface area (Å²) in [5.74, 6) is 0.0846. The Bertz CT molecular complexity index is 1180. The van der Waals surface area contributed by atoms with Crippen molar-refractivity contribution in [3.8, 4) is 11.3 Å². The Morgan fingerprint density at radius 3 is 2.42 bits per heavy atom. The van der Waals surface area contributed by atoms with Gasteiger partial charge in [-0.3, -0.25) is 4.79 Å². The molecule has 3 aromatic rings. The summed E-state index contributed by atoms with van der Waals surface area (Å²) in [4.78, 5) is 19.0. The standard InChI is InChI=1S/C22H24N4O4S/c1-16-4-3-5-17(14-16)21-20(23-15-30-21)22(27)24-18-6-8-19(9-7-18)25-10-12-26(13-11-25)31(2,28)29/h3-9,14-15H,10-13H2,1-2H3,(H,24,27). The Kier molecular flexibility index (Phi) is 5.79. The molecule has 0 aliphatic carbocycles. The fourth-order valence-corrected chi connectivity index (χ4v) is 4.45. The van der Waals surface area contributed by atoms with E-state index in [1.807, 2.05) is 55.5 Å². The minimum atomic E-state index is -3.15. The molecular formula is C22H24N4O4S. The van der Waals surface area contributed by atoms with Crippen LogP contribution in [0.5, 0.6) is 0 Å². The molecule has 0 saturated carbocycles. The zero-order valence-electron chi connectivity index (χ0n) is 17.4. The summed E-state index contributed by atoms with van der Waals surface area (Å²) in [6.45, 7) is 4.15. The molecule has 0 unspecified atom stereocenters. The Hall–Kier alpha value is -3.17. The molecule has 1 N–H and O–H groups in total. The van der Waals surface area contributed by atoms with Crippen molar-refractivity contribution in [2.24, 2.45) is 0 Å². The van der Waals surface area contributed by atoms with Crippen molar-refractivity contribution in [2.75, 3.05) is 42.7 Å². The maximum absolute atomic E-state index is 12.8. The molecule has 2 heterocycles. The van der Waals surface area contributed by atoms with Gasteiger partial charge in [0, 0.05) is 43.1 Å². The second-order valence-electron chi connectivity index (χ2n) is 7.55. The van der Waals surface area contributed by atoms with Gasteiger partial charge < -0.3 is 14.6 Å². The largest absolute Gasteiger partial charge is 0.443 e. The van der Waals surface area contributed by atoms with E-state index in [0.717, 1.165) is 16.8 Å². The molecule has 31 heavy (non-hydrogen) atoms. The summed E-state index contributed by atoms with van der Waals surface area (Å²) < 4.78 is 30.3. The lowest BCUT2D eigenvalue weighted by atomic mass is 10.1. The van der Waals surface area contributed by atoms with Crippen LogP contribution in [0, 0.1) is 6.92 Å². The topological polar surface area (TPSA) is 95.8 Å². The van der Waals surface area contributed by atoms with Crippen molar-refractivity contribution in [1.29, 1.82) is 0 Å². The van der Waals surface area contributed by atoms with Gasteiger partial charge >= 0.3 is 0 Å². The van der Waals surface area contributed by atoms with Crippen molar-refractivity contribution in [3.05, 3.63) is 66.2 Å². The third-order valence-electron chi connectivity index (χ3n) is 5.26. The molecule has 8 nitrogen and oxygen atoms in total. The molecular weight excluding hydrogens is 416 g/mol. The molecule has 1 fully saturated rings. The van der Waals surface area contributed by atoms with Crippen LogP contribution in [0.25, 0.3) is 11.3 Å². The van der Waals surface area contributed by atoms with Crippen molar-refractivity contribution in [1.82, 2.24) is 9.29 Å². The second-order valence-corrected chi connectivity index (χ2v) is 9.53. The van der Waals surface area contributed by atoms with Crippen molar-refractivity contribution in [2.45, 2.75) is 6.92 Å². The summed E-state index contributed by atoms with van der Waals surface area (Å²) in [5, 5.41) is 2.86. The number of carbonyl (C=O) groups is 1. The number of aryl methyl sites for hydroxylation is 1. The van der Waals surface area contributed by atoms with E-state index in [2.05, 4.69) is 15.2 Å². The fourth-order valence-electron chi connectivity index (χ4n) is 3.62. The van der Waals surface area contributed by atoms with Gasteiger partial charge in [0.25, 0.3) is 5.91 Å². The van der Waals surface area contributed by atoms with Crippen LogP contribution in [0.2, 0.25) is 0 Å². The van der Waals surface area contributed by atoms with E-state index in [0.29, 0.717) is 37.6 Å². The Morgan fingerprint density at radius 1 is 1.06 bits per heavy atom. The first kappa shape index (κ1) is 21.1. The molecule has 0 bridgehead atoms. The van der Waals surface area contributed by atoms with Crippen LogP contribution in [0.1, 0.15) is 16.1 Å². The zero-order chi connectivity index (χ0) is 22.0. The number of sulfonamides is 1. The summed E-state index contributed by atoms with van der Waals surface area (Å²) >= 11 is 0. The van der Waals surface area contributed by atoms with Gasteiger partial charge in [-0.15, -0.1) is 0 Å². The smallest absolute Gasteiger partial charge is 0.278 e. The van der Waals surface area contributed by atoms with Gasteiger partial charge in [0.05, 0.1) is 6.26 Å². The van der Waals surface area contributed by atoms with Crippen LogP contribution in [0.15, 0.2) is 59.3 Å². The fraction of sp³-hybridized carbons (Fsp3) is 0.273. The highest BCUT2D eigenvalue weighted by Gasteiger charge is 2.23. The maximum atomic E-state index is 12.8. The van der Waals surface area contributed by atoms with E-state index in [4.69, 9.17) is 4.42 Å². The maximum Gasteiger partial charge on any atom is 0.278 e. The molecule has 1 saturated heterocycles. The summed E-state index contributed by atoms with van der Waals surface area (Å²) in [5.41, 5.74) is 3.71. The van der Waals surface area contributed by atoms with Gasteiger partial charge in [-0.25, -0.2) is 13.4 Å².